The maximum Gasteiger partial charge on any atom is 0.160 e. The zero-order valence-electron chi connectivity index (χ0n) is 6.98. The molecular formula is C9H5Cl2N3. The van der Waals surface area contributed by atoms with Gasteiger partial charge in [0, 0.05) is 24.2 Å². The standard InChI is InChI=1S/C9H5Cl2N3/c10-7-5-14-8(11)4-6(7)9-12-2-1-3-13-9/h1-5H. The van der Waals surface area contributed by atoms with Crippen molar-refractivity contribution in [1.82, 2.24) is 15.0 Å². The highest BCUT2D eigenvalue weighted by atomic mass is 35.5. The molecule has 0 bridgehead atoms. The second kappa shape index (κ2) is 3.90. The van der Waals surface area contributed by atoms with Gasteiger partial charge in [-0.3, -0.25) is 0 Å². The van der Waals surface area contributed by atoms with Crippen molar-refractivity contribution in [2.45, 2.75) is 0 Å². The Morgan fingerprint density at radius 3 is 2.43 bits per heavy atom. The highest BCUT2D eigenvalue weighted by molar-refractivity contribution is 6.34. The van der Waals surface area contributed by atoms with Crippen LogP contribution >= 0.6 is 23.2 Å². The summed E-state index contributed by atoms with van der Waals surface area (Å²) < 4.78 is 0. The first-order valence-corrected chi connectivity index (χ1v) is 4.61. The van der Waals surface area contributed by atoms with Crippen LogP contribution in [0.1, 0.15) is 0 Å². The Kier molecular flexibility index (Phi) is 2.61. The minimum absolute atomic E-state index is 0.372. The van der Waals surface area contributed by atoms with Crippen molar-refractivity contribution in [3.8, 4) is 11.4 Å². The van der Waals surface area contributed by atoms with Crippen LogP contribution in [0.4, 0.5) is 0 Å². The lowest BCUT2D eigenvalue weighted by Crippen LogP contribution is -1.88. The third kappa shape index (κ3) is 1.84. The summed E-state index contributed by atoms with van der Waals surface area (Å²) in [6.07, 6.45) is 4.77. The fourth-order valence-electron chi connectivity index (χ4n) is 1.02. The minimum atomic E-state index is 0.372. The van der Waals surface area contributed by atoms with Crippen molar-refractivity contribution in [3.63, 3.8) is 0 Å². The Morgan fingerprint density at radius 1 is 1.00 bits per heavy atom. The van der Waals surface area contributed by atoms with Crippen molar-refractivity contribution in [2.24, 2.45) is 0 Å². The highest BCUT2D eigenvalue weighted by Crippen LogP contribution is 2.25. The number of pyridine rings is 1. The molecule has 0 N–H and O–H groups in total. The average Bonchev–Trinajstić information content (AvgIpc) is 2.23. The summed E-state index contributed by atoms with van der Waals surface area (Å²) >= 11 is 11.7. The molecule has 0 saturated heterocycles. The van der Waals surface area contributed by atoms with E-state index in [0.29, 0.717) is 21.6 Å². The molecule has 0 aliphatic rings. The lowest BCUT2D eigenvalue weighted by Gasteiger charge is -2.01. The number of hydrogen-bond donors (Lipinski definition) is 0. The second-order valence-electron chi connectivity index (χ2n) is 2.56. The van der Waals surface area contributed by atoms with Gasteiger partial charge in [0.2, 0.25) is 0 Å². The molecule has 0 saturated carbocycles. The molecule has 0 fully saturated rings. The van der Waals surface area contributed by atoms with Crippen molar-refractivity contribution >= 4 is 23.2 Å². The molecule has 5 heteroatoms. The summed E-state index contributed by atoms with van der Waals surface area (Å²) in [4.78, 5) is 12.0. The van der Waals surface area contributed by atoms with Crippen LogP contribution in [-0.4, -0.2) is 15.0 Å². The van der Waals surface area contributed by atoms with Gasteiger partial charge in [-0.2, -0.15) is 0 Å². The first-order valence-electron chi connectivity index (χ1n) is 3.86. The van der Waals surface area contributed by atoms with Gasteiger partial charge in [-0.15, -0.1) is 0 Å². The third-order valence-corrected chi connectivity index (χ3v) is 2.14. The summed E-state index contributed by atoms with van der Waals surface area (Å²) in [5.41, 5.74) is 0.687. The second-order valence-corrected chi connectivity index (χ2v) is 3.35. The molecule has 2 aromatic rings. The van der Waals surface area contributed by atoms with Crippen molar-refractivity contribution < 1.29 is 0 Å². The molecule has 0 atom stereocenters. The van der Waals surface area contributed by atoms with Gasteiger partial charge >= 0.3 is 0 Å². The van der Waals surface area contributed by atoms with Gasteiger partial charge in [0.05, 0.1) is 5.02 Å². The van der Waals surface area contributed by atoms with Gasteiger partial charge in [-0.05, 0) is 12.1 Å². The molecule has 14 heavy (non-hydrogen) atoms. The van der Waals surface area contributed by atoms with Gasteiger partial charge in [0.25, 0.3) is 0 Å². The molecule has 0 radical (unpaired) electrons. The molecule has 0 aliphatic heterocycles. The van der Waals surface area contributed by atoms with Crippen LogP contribution in [0.5, 0.6) is 0 Å². The van der Waals surface area contributed by atoms with Gasteiger partial charge in [0.15, 0.2) is 5.82 Å². The maximum atomic E-state index is 5.93. The van der Waals surface area contributed by atoms with Crippen molar-refractivity contribution in [2.75, 3.05) is 0 Å². The van der Waals surface area contributed by atoms with Crippen LogP contribution in [0.3, 0.4) is 0 Å². The molecule has 0 aromatic carbocycles. The van der Waals surface area contributed by atoms with Crippen LogP contribution in [0.15, 0.2) is 30.7 Å². The normalized spacial score (nSPS) is 10.1. The van der Waals surface area contributed by atoms with Crippen LogP contribution in [0, 0.1) is 0 Å². The SMILES string of the molecule is Clc1cc(-c2ncccn2)c(Cl)cn1. The predicted molar refractivity (Wildman–Crippen MR) is 55.3 cm³/mol. The fourth-order valence-corrected chi connectivity index (χ4v) is 1.37. The Bertz CT molecular complexity index is 445. The van der Waals surface area contributed by atoms with Gasteiger partial charge in [0.1, 0.15) is 5.15 Å². The first-order chi connectivity index (χ1) is 6.77. The van der Waals surface area contributed by atoms with Gasteiger partial charge in [-0.25, -0.2) is 15.0 Å². The number of aromatic nitrogens is 3. The predicted octanol–water partition coefficient (Wildman–Crippen LogP) is 2.85. The van der Waals surface area contributed by atoms with E-state index in [1.807, 2.05) is 0 Å². The summed E-state index contributed by atoms with van der Waals surface area (Å²) in [6.45, 7) is 0. The highest BCUT2D eigenvalue weighted by Gasteiger charge is 2.06. The Balaban J connectivity index is 2.57. The summed E-state index contributed by atoms with van der Waals surface area (Å²) in [5.74, 6) is 0.543. The van der Waals surface area contributed by atoms with E-state index in [9.17, 15) is 0 Å². The molecule has 70 valence electrons. The Morgan fingerprint density at radius 2 is 1.71 bits per heavy atom. The minimum Gasteiger partial charge on any atom is -0.243 e. The van der Waals surface area contributed by atoms with E-state index in [4.69, 9.17) is 23.2 Å². The van der Waals surface area contributed by atoms with E-state index >= 15 is 0 Å². The van der Waals surface area contributed by atoms with E-state index < -0.39 is 0 Å². The van der Waals surface area contributed by atoms with Crippen molar-refractivity contribution in [3.05, 3.63) is 40.9 Å². The third-order valence-electron chi connectivity index (χ3n) is 1.63. The molecular weight excluding hydrogens is 221 g/mol. The fraction of sp³-hybridized carbons (Fsp3) is 0. The maximum absolute atomic E-state index is 5.93. The Labute approximate surface area is 90.8 Å². The number of hydrogen-bond acceptors (Lipinski definition) is 3. The molecule has 0 aliphatic carbocycles. The van der Waals surface area contributed by atoms with E-state index in [2.05, 4.69) is 15.0 Å². The Hall–Kier alpha value is -1.19. The van der Waals surface area contributed by atoms with E-state index in [1.165, 1.54) is 6.20 Å². The lowest BCUT2D eigenvalue weighted by atomic mass is 10.2. The topological polar surface area (TPSA) is 38.7 Å². The largest absolute Gasteiger partial charge is 0.243 e. The molecule has 2 heterocycles. The van der Waals surface area contributed by atoms with Crippen LogP contribution in [-0.2, 0) is 0 Å². The zero-order chi connectivity index (χ0) is 9.97. The summed E-state index contributed by atoms with van der Waals surface area (Å²) in [5, 5.41) is 0.859. The van der Waals surface area contributed by atoms with Crippen LogP contribution in [0.25, 0.3) is 11.4 Å². The smallest absolute Gasteiger partial charge is 0.160 e. The average molecular weight is 226 g/mol. The van der Waals surface area contributed by atoms with Gasteiger partial charge in [-0.1, -0.05) is 23.2 Å². The molecule has 2 rings (SSSR count). The molecule has 0 amide bonds. The quantitative estimate of drug-likeness (QED) is 0.701. The monoisotopic (exact) mass is 225 g/mol. The molecule has 0 spiro atoms. The first kappa shape index (κ1) is 9.37. The number of nitrogens with zero attached hydrogens (tertiary/aromatic N) is 3. The number of halogens is 2. The molecule has 2 aromatic heterocycles. The van der Waals surface area contributed by atoms with Crippen LogP contribution in [0.2, 0.25) is 10.2 Å². The number of rotatable bonds is 1. The lowest BCUT2D eigenvalue weighted by molar-refractivity contribution is 1.17. The van der Waals surface area contributed by atoms with Crippen molar-refractivity contribution in [1.29, 1.82) is 0 Å². The van der Waals surface area contributed by atoms with E-state index in [-0.39, 0.29) is 0 Å². The zero-order valence-corrected chi connectivity index (χ0v) is 8.50. The summed E-state index contributed by atoms with van der Waals surface area (Å²) in [6, 6.07) is 3.37. The van der Waals surface area contributed by atoms with E-state index in [0.717, 1.165) is 0 Å². The van der Waals surface area contributed by atoms with E-state index in [1.54, 1.807) is 24.5 Å². The molecule has 3 nitrogen and oxygen atoms in total. The van der Waals surface area contributed by atoms with Crippen LogP contribution < -0.4 is 0 Å². The summed E-state index contributed by atoms with van der Waals surface area (Å²) in [7, 11) is 0. The van der Waals surface area contributed by atoms with Gasteiger partial charge < -0.3 is 0 Å². The molecule has 0 unspecified atom stereocenters.